The Bertz CT molecular complexity index is 1690. The van der Waals surface area contributed by atoms with Crippen LogP contribution in [0.4, 0.5) is 26.4 Å². The molecule has 2 aliphatic heterocycles. The van der Waals surface area contributed by atoms with E-state index in [1.807, 2.05) is 11.9 Å². The van der Waals surface area contributed by atoms with Crippen LogP contribution in [0.2, 0.25) is 0 Å². The van der Waals surface area contributed by atoms with Crippen molar-refractivity contribution in [1.82, 2.24) is 19.0 Å². The second-order valence-corrected chi connectivity index (χ2v) is 12.0. The van der Waals surface area contributed by atoms with Gasteiger partial charge in [0.1, 0.15) is 16.3 Å². The number of hydrogen-bond acceptors (Lipinski definition) is 10. The van der Waals surface area contributed by atoms with Crippen molar-refractivity contribution >= 4 is 39.2 Å². The molecule has 0 bridgehead atoms. The summed E-state index contributed by atoms with van der Waals surface area (Å²) in [6, 6.07) is 9.28. The number of nitro groups is 1. The zero-order valence-corrected chi connectivity index (χ0v) is 24.3. The summed E-state index contributed by atoms with van der Waals surface area (Å²) in [5.74, 6) is -1.96. The van der Waals surface area contributed by atoms with E-state index < -0.39 is 43.3 Å². The number of likely N-dealkylation sites (N-methyl/N-ethyl adjacent to an activating group) is 1. The van der Waals surface area contributed by atoms with Gasteiger partial charge in [0.25, 0.3) is 11.6 Å². The Labute approximate surface area is 246 Å². The highest BCUT2D eigenvalue weighted by Gasteiger charge is 2.36. The monoisotopic (exact) mass is 615 g/mol. The van der Waals surface area contributed by atoms with Gasteiger partial charge in [0.15, 0.2) is 5.82 Å². The number of rotatable bonds is 7. The van der Waals surface area contributed by atoms with Crippen LogP contribution >= 0.6 is 0 Å². The maximum atomic E-state index is 14.4. The number of ether oxygens (including phenoxy) is 1. The van der Waals surface area contributed by atoms with E-state index >= 15 is 0 Å². The highest BCUT2D eigenvalue weighted by atomic mass is 32.2. The second kappa shape index (κ2) is 12.1. The van der Waals surface area contributed by atoms with Gasteiger partial charge in [-0.2, -0.15) is 8.99 Å². The molecule has 16 heteroatoms. The first-order valence-electron chi connectivity index (χ1n) is 13.6. The van der Waals surface area contributed by atoms with E-state index in [0.29, 0.717) is 24.5 Å². The van der Waals surface area contributed by atoms with Crippen molar-refractivity contribution in [2.75, 3.05) is 56.6 Å². The first-order valence-corrected chi connectivity index (χ1v) is 15.0. The summed E-state index contributed by atoms with van der Waals surface area (Å²) in [5, 5.41) is 18.7. The number of benzene rings is 2. The van der Waals surface area contributed by atoms with E-state index in [9.17, 15) is 32.5 Å². The summed E-state index contributed by atoms with van der Waals surface area (Å²) in [6.07, 6.45) is -0.836. The van der Waals surface area contributed by atoms with Crippen LogP contribution in [0.3, 0.4) is 0 Å². The molecule has 0 saturated carbocycles. The van der Waals surface area contributed by atoms with Gasteiger partial charge >= 0.3 is 6.09 Å². The summed E-state index contributed by atoms with van der Waals surface area (Å²) in [4.78, 5) is 41.1. The summed E-state index contributed by atoms with van der Waals surface area (Å²) < 4.78 is 48.1. The van der Waals surface area contributed by atoms with E-state index in [2.05, 4.69) is 15.3 Å². The Morgan fingerprint density at radius 2 is 1.84 bits per heavy atom. The van der Waals surface area contributed by atoms with Gasteiger partial charge in [0.05, 0.1) is 17.2 Å². The molecule has 2 aromatic carbocycles. The molecule has 43 heavy (non-hydrogen) atoms. The van der Waals surface area contributed by atoms with Gasteiger partial charge in [0, 0.05) is 63.0 Å². The van der Waals surface area contributed by atoms with Gasteiger partial charge < -0.3 is 19.9 Å². The molecule has 5 rings (SSSR count). The molecule has 0 unspecified atom stereocenters. The van der Waals surface area contributed by atoms with Crippen molar-refractivity contribution in [3.8, 4) is 0 Å². The molecule has 1 N–H and O–H groups in total. The Kier molecular flexibility index (Phi) is 8.43. The molecule has 0 radical (unpaired) electrons. The quantitative estimate of drug-likeness (QED) is 0.309. The first-order chi connectivity index (χ1) is 20.5. The van der Waals surface area contributed by atoms with E-state index in [0.717, 1.165) is 34.2 Å². The molecule has 1 fully saturated rings. The molecule has 1 saturated heterocycles. The van der Waals surface area contributed by atoms with Gasteiger partial charge in [-0.25, -0.2) is 17.6 Å². The van der Waals surface area contributed by atoms with E-state index in [4.69, 9.17) is 4.74 Å². The number of hydrogen-bond donors (Lipinski definition) is 1. The van der Waals surface area contributed by atoms with Crippen molar-refractivity contribution in [2.24, 2.45) is 0 Å². The number of nitrogens with one attached hydrogen (secondary N) is 1. The number of fused-ring (bicyclic) bond motifs is 1. The standard InChI is InChI=1S/C27H30FN7O7S/c1-3-42-27(37)34-22-10-11-33(43(40,41)24-7-5-4-6-21(24)28)17-20(22)25(30-34)29-26(36)19-9-8-18(16-23(19)35(38)39)32-14-12-31(2)13-15-32/h4-9,16H,3,10-15,17H2,1-2H3,(H,29,30,36). The molecular formula is C27H30FN7O7S. The third-order valence-electron chi connectivity index (χ3n) is 7.44. The molecular weight excluding hydrogens is 585 g/mol. The molecule has 3 aromatic rings. The van der Waals surface area contributed by atoms with Crippen LogP contribution in [-0.2, 0) is 27.7 Å². The summed E-state index contributed by atoms with van der Waals surface area (Å²) in [6.45, 7) is 4.11. The van der Waals surface area contributed by atoms with Crippen LogP contribution < -0.4 is 10.2 Å². The van der Waals surface area contributed by atoms with Crippen LogP contribution in [0.5, 0.6) is 0 Å². The lowest BCUT2D eigenvalue weighted by Crippen LogP contribution is -2.44. The lowest BCUT2D eigenvalue weighted by atomic mass is 10.1. The molecule has 2 aliphatic rings. The van der Waals surface area contributed by atoms with Gasteiger partial charge in [-0.05, 0) is 38.2 Å². The lowest BCUT2D eigenvalue weighted by molar-refractivity contribution is -0.385. The number of nitrogens with zero attached hydrogens (tertiary/aromatic N) is 6. The number of sulfonamides is 1. The topological polar surface area (TPSA) is 160 Å². The maximum absolute atomic E-state index is 14.4. The third-order valence-corrected chi connectivity index (χ3v) is 9.32. The molecule has 3 heterocycles. The number of carbonyl (C=O) groups is 2. The van der Waals surface area contributed by atoms with Gasteiger partial charge in [-0.1, -0.05) is 12.1 Å². The molecule has 0 atom stereocenters. The van der Waals surface area contributed by atoms with Crippen molar-refractivity contribution in [1.29, 1.82) is 0 Å². The Hall–Kier alpha value is -4.41. The van der Waals surface area contributed by atoms with Crippen molar-refractivity contribution in [2.45, 2.75) is 24.8 Å². The van der Waals surface area contributed by atoms with Gasteiger partial charge in [-0.15, -0.1) is 5.10 Å². The number of carbonyl (C=O) groups excluding carboxylic acids is 2. The van der Waals surface area contributed by atoms with Crippen molar-refractivity contribution < 1.29 is 32.1 Å². The minimum atomic E-state index is -4.30. The van der Waals surface area contributed by atoms with Gasteiger partial charge in [0.2, 0.25) is 10.0 Å². The number of piperazine rings is 1. The van der Waals surface area contributed by atoms with Crippen molar-refractivity contribution in [3.05, 3.63) is 75.2 Å². The Morgan fingerprint density at radius 3 is 2.51 bits per heavy atom. The lowest BCUT2D eigenvalue weighted by Gasteiger charge is -2.34. The van der Waals surface area contributed by atoms with Crippen LogP contribution in [-0.4, -0.2) is 90.7 Å². The van der Waals surface area contributed by atoms with Gasteiger partial charge in [-0.3, -0.25) is 14.9 Å². The zero-order valence-electron chi connectivity index (χ0n) is 23.5. The highest BCUT2D eigenvalue weighted by Crippen LogP contribution is 2.32. The maximum Gasteiger partial charge on any atom is 0.434 e. The van der Waals surface area contributed by atoms with Crippen LogP contribution in [0.15, 0.2) is 47.4 Å². The van der Waals surface area contributed by atoms with Crippen molar-refractivity contribution in [3.63, 3.8) is 0 Å². The van der Waals surface area contributed by atoms with Crippen LogP contribution in [0, 0.1) is 15.9 Å². The molecule has 228 valence electrons. The first kappa shape index (κ1) is 30.1. The SMILES string of the molecule is CCOC(=O)n1nc(NC(=O)c2ccc(N3CCN(C)CC3)cc2[N+](=O)[O-])c2c1CCN(S(=O)(=O)c1ccccc1F)C2. The summed E-state index contributed by atoms with van der Waals surface area (Å²) in [5.41, 5.74) is 0.428. The third kappa shape index (κ3) is 5.93. The smallest absolute Gasteiger partial charge is 0.434 e. The number of nitro benzene ring substituents is 1. The van der Waals surface area contributed by atoms with Crippen LogP contribution in [0.1, 0.15) is 28.5 Å². The molecule has 0 aliphatic carbocycles. The minimum absolute atomic E-state index is 0.00453. The Morgan fingerprint density at radius 1 is 1.12 bits per heavy atom. The average Bonchev–Trinajstić information content (AvgIpc) is 3.35. The number of aromatic nitrogens is 2. The predicted molar refractivity (Wildman–Crippen MR) is 153 cm³/mol. The molecule has 1 amide bonds. The molecule has 0 spiro atoms. The fourth-order valence-corrected chi connectivity index (χ4v) is 6.60. The van der Waals surface area contributed by atoms with E-state index in [-0.39, 0.29) is 43.1 Å². The average molecular weight is 616 g/mol. The highest BCUT2D eigenvalue weighted by molar-refractivity contribution is 7.89. The fourth-order valence-electron chi connectivity index (χ4n) is 5.13. The summed E-state index contributed by atoms with van der Waals surface area (Å²) >= 11 is 0. The number of anilines is 2. The largest absolute Gasteiger partial charge is 0.448 e. The predicted octanol–water partition coefficient (Wildman–Crippen LogP) is 2.69. The molecule has 1 aromatic heterocycles. The second-order valence-electron chi connectivity index (χ2n) is 10.1. The summed E-state index contributed by atoms with van der Waals surface area (Å²) in [7, 11) is -2.31. The van der Waals surface area contributed by atoms with Crippen LogP contribution in [0.25, 0.3) is 0 Å². The number of halogens is 1. The number of amides is 1. The van der Waals surface area contributed by atoms with E-state index in [1.165, 1.54) is 24.3 Å². The fraction of sp³-hybridized carbons (Fsp3) is 0.370. The minimum Gasteiger partial charge on any atom is -0.448 e. The Balaban J connectivity index is 1.47. The normalized spacial score (nSPS) is 16.0. The molecule has 14 nitrogen and oxygen atoms in total. The van der Waals surface area contributed by atoms with E-state index in [1.54, 1.807) is 13.0 Å². The zero-order chi connectivity index (χ0) is 30.9.